The fourth-order valence-corrected chi connectivity index (χ4v) is 2.13. The first kappa shape index (κ1) is 14.5. The number of hydrogen-bond donors (Lipinski definition) is 1. The number of carbonyl (C=O) groups is 3. The van der Waals surface area contributed by atoms with Crippen LogP contribution in [0.25, 0.3) is 0 Å². The third-order valence-electron chi connectivity index (χ3n) is 2.88. The molecule has 0 saturated carbocycles. The predicted molar refractivity (Wildman–Crippen MR) is 64.6 cm³/mol. The molecule has 6 nitrogen and oxygen atoms in total. The largest absolute Gasteiger partial charge is 0.464 e. The molecule has 1 saturated heterocycles. The Labute approximate surface area is 107 Å². The minimum Gasteiger partial charge on any atom is -0.464 e. The van der Waals surface area contributed by atoms with Crippen molar-refractivity contribution in [1.29, 1.82) is 0 Å². The lowest BCUT2D eigenvalue weighted by Crippen LogP contribution is -2.50. The molecule has 0 spiro atoms. The molecule has 1 fully saturated rings. The molecule has 0 aromatic carbocycles. The number of ether oxygens (including phenoxy) is 1. The first-order chi connectivity index (χ1) is 8.47. The van der Waals surface area contributed by atoms with Crippen LogP contribution in [0.15, 0.2) is 0 Å². The maximum atomic E-state index is 12.1. The quantitative estimate of drug-likeness (QED) is 0.722. The minimum absolute atomic E-state index is 0.235. The van der Waals surface area contributed by atoms with Crippen molar-refractivity contribution in [3.63, 3.8) is 0 Å². The Balaban J connectivity index is 2.66. The highest BCUT2D eigenvalue weighted by atomic mass is 16.5. The van der Waals surface area contributed by atoms with E-state index in [9.17, 15) is 14.4 Å². The zero-order valence-corrected chi connectivity index (χ0v) is 11.1. The molecule has 2 atom stereocenters. The van der Waals surface area contributed by atoms with E-state index in [1.807, 2.05) is 0 Å². The van der Waals surface area contributed by atoms with Gasteiger partial charge in [0.1, 0.15) is 12.1 Å². The molecular formula is C12H20N2O4. The van der Waals surface area contributed by atoms with Gasteiger partial charge >= 0.3 is 5.97 Å². The van der Waals surface area contributed by atoms with Crippen LogP contribution in [-0.2, 0) is 19.1 Å². The first-order valence-corrected chi connectivity index (χ1v) is 6.21. The Hall–Kier alpha value is -1.59. The van der Waals surface area contributed by atoms with E-state index in [0.717, 1.165) is 6.42 Å². The molecule has 1 aliphatic rings. The number of nitrogens with zero attached hydrogens (tertiary/aromatic N) is 1. The van der Waals surface area contributed by atoms with Crippen LogP contribution in [0.1, 0.15) is 33.6 Å². The smallest absolute Gasteiger partial charge is 0.328 e. The number of amides is 2. The summed E-state index contributed by atoms with van der Waals surface area (Å²) in [4.78, 5) is 36.2. The van der Waals surface area contributed by atoms with Gasteiger partial charge in [0.05, 0.1) is 6.61 Å². The van der Waals surface area contributed by atoms with Crippen LogP contribution in [-0.4, -0.2) is 47.9 Å². The van der Waals surface area contributed by atoms with Crippen molar-refractivity contribution < 1.29 is 19.1 Å². The number of hydrogen-bond acceptors (Lipinski definition) is 4. The van der Waals surface area contributed by atoms with Gasteiger partial charge in [0.15, 0.2) is 0 Å². The van der Waals surface area contributed by atoms with Gasteiger partial charge in [-0.25, -0.2) is 4.79 Å². The van der Waals surface area contributed by atoms with Gasteiger partial charge in [-0.1, -0.05) is 0 Å². The lowest BCUT2D eigenvalue weighted by atomic mass is 10.2. The van der Waals surface area contributed by atoms with Gasteiger partial charge in [-0.2, -0.15) is 0 Å². The van der Waals surface area contributed by atoms with Crippen LogP contribution >= 0.6 is 0 Å². The lowest BCUT2D eigenvalue weighted by Gasteiger charge is -2.26. The van der Waals surface area contributed by atoms with E-state index >= 15 is 0 Å². The highest BCUT2D eigenvalue weighted by molar-refractivity contribution is 5.90. The second kappa shape index (κ2) is 6.37. The summed E-state index contributed by atoms with van der Waals surface area (Å²) in [5.41, 5.74) is 0. The summed E-state index contributed by atoms with van der Waals surface area (Å²) < 4.78 is 4.95. The first-order valence-electron chi connectivity index (χ1n) is 6.21. The van der Waals surface area contributed by atoms with Crippen molar-refractivity contribution >= 4 is 17.8 Å². The average molecular weight is 256 g/mol. The van der Waals surface area contributed by atoms with Crippen LogP contribution < -0.4 is 5.32 Å². The summed E-state index contributed by atoms with van der Waals surface area (Å²) in [5, 5.41) is 2.53. The van der Waals surface area contributed by atoms with Gasteiger partial charge < -0.3 is 15.0 Å². The van der Waals surface area contributed by atoms with E-state index in [1.54, 1.807) is 13.8 Å². The number of esters is 1. The standard InChI is InChI=1S/C12H20N2O4/c1-4-18-12(17)10-6-5-7-14(10)11(16)8(2)13-9(3)15/h8,10H,4-7H2,1-3H3,(H,13,15)/t8-,10-/m0/s1. The normalized spacial score (nSPS) is 20.4. The maximum absolute atomic E-state index is 12.1. The highest BCUT2D eigenvalue weighted by Gasteiger charge is 2.36. The molecule has 0 aromatic rings. The van der Waals surface area contributed by atoms with E-state index in [2.05, 4.69) is 5.32 Å². The Morgan fingerprint density at radius 3 is 2.67 bits per heavy atom. The fourth-order valence-electron chi connectivity index (χ4n) is 2.13. The van der Waals surface area contributed by atoms with Crippen molar-refractivity contribution in [2.75, 3.05) is 13.2 Å². The van der Waals surface area contributed by atoms with E-state index in [4.69, 9.17) is 4.74 Å². The zero-order chi connectivity index (χ0) is 13.7. The summed E-state index contributed by atoms with van der Waals surface area (Å²) >= 11 is 0. The molecule has 0 aliphatic carbocycles. The highest BCUT2D eigenvalue weighted by Crippen LogP contribution is 2.19. The van der Waals surface area contributed by atoms with Crippen LogP contribution in [0.3, 0.4) is 0 Å². The van der Waals surface area contributed by atoms with Crippen LogP contribution in [0, 0.1) is 0 Å². The maximum Gasteiger partial charge on any atom is 0.328 e. The minimum atomic E-state index is -0.613. The summed E-state index contributed by atoms with van der Waals surface area (Å²) in [6.45, 7) is 5.55. The number of nitrogens with one attached hydrogen (secondary N) is 1. The van der Waals surface area contributed by atoms with Crippen molar-refractivity contribution in [2.24, 2.45) is 0 Å². The molecule has 1 heterocycles. The SMILES string of the molecule is CCOC(=O)[C@@H]1CCCN1C(=O)[C@H](C)NC(C)=O. The third kappa shape index (κ3) is 3.45. The number of rotatable bonds is 4. The zero-order valence-electron chi connectivity index (χ0n) is 11.1. The second-order valence-electron chi connectivity index (χ2n) is 4.36. The van der Waals surface area contributed by atoms with Gasteiger partial charge in [-0.05, 0) is 26.7 Å². The van der Waals surface area contributed by atoms with Gasteiger partial charge in [-0.15, -0.1) is 0 Å². The molecule has 1 aliphatic heterocycles. The van der Waals surface area contributed by atoms with Gasteiger partial charge in [0.25, 0.3) is 0 Å². The summed E-state index contributed by atoms with van der Waals surface area (Å²) in [7, 11) is 0. The Bertz CT molecular complexity index is 343. The second-order valence-corrected chi connectivity index (χ2v) is 4.36. The van der Waals surface area contributed by atoms with Crippen molar-refractivity contribution in [3.05, 3.63) is 0 Å². The van der Waals surface area contributed by atoms with Crippen LogP contribution in [0.2, 0.25) is 0 Å². The van der Waals surface area contributed by atoms with Gasteiger partial charge in [0, 0.05) is 13.5 Å². The van der Waals surface area contributed by atoms with E-state index < -0.39 is 12.1 Å². The molecule has 18 heavy (non-hydrogen) atoms. The topological polar surface area (TPSA) is 75.7 Å². The molecule has 0 aromatic heterocycles. The molecular weight excluding hydrogens is 236 g/mol. The summed E-state index contributed by atoms with van der Waals surface area (Å²) in [6, 6.07) is -1.12. The molecule has 102 valence electrons. The fraction of sp³-hybridized carbons (Fsp3) is 0.750. The Morgan fingerprint density at radius 2 is 2.11 bits per heavy atom. The molecule has 0 radical (unpaired) electrons. The van der Waals surface area contributed by atoms with Crippen molar-refractivity contribution in [3.8, 4) is 0 Å². The molecule has 0 unspecified atom stereocenters. The predicted octanol–water partition coefficient (Wildman–Crippen LogP) is 0.0651. The Kier molecular flexibility index (Phi) is 5.12. The third-order valence-corrected chi connectivity index (χ3v) is 2.88. The Morgan fingerprint density at radius 1 is 1.44 bits per heavy atom. The van der Waals surface area contributed by atoms with E-state index in [-0.39, 0.29) is 17.8 Å². The lowest BCUT2D eigenvalue weighted by molar-refractivity contribution is -0.153. The van der Waals surface area contributed by atoms with Gasteiger partial charge in [0.2, 0.25) is 11.8 Å². The molecule has 1 rings (SSSR count). The van der Waals surface area contributed by atoms with E-state index in [1.165, 1.54) is 11.8 Å². The van der Waals surface area contributed by atoms with Crippen molar-refractivity contribution in [2.45, 2.75) is 45.7 Å². The van der Waals surface area contributed by atoms with Crippen molar-refractivity contribution in [1.82, 2.24) is 10.2 Å². The van der Waals surface area contributed by atoms with Crippen LogP contribution in [0.5, 0.6) is 0 Å². The number of likely N-dealkylation sites (tertiary alicyclic amines) is 1. The molecule has 1 N–H and O–H groups in total. The van der Waals surface area contributed by atoms with Crippen LogP contribution in [0.4, 0.5) is 0 Å². The average Bonchev–Trinajstić information content (AvgIpc) is 2.76. The summed E-state index contributed by atoms with van der Waals surface area (Å²) in [5.74, 6) is -0.859. The molecule has 2 amide bonds. The molecule has 6 heteroatoms. The monoisotopic (exact) mass is 256 g/mol. The number of carbonyl (C=O) groups excluding carboxylic acids is 3. The molecule has 0 bridgehead atoms. The van der Waals surface area contributed by atoms with Gasteiger partial charge in [-0.3, -0.25) is 9.59 Å². The van der Waals surface area contributed by atoms with E-state index in [0.29, 0.717) is 19.6 Å². The summed E-state index contributed by atoms with van der Waals surface area (Å²) in [6.07, 6.45) is 1.40.